The van der Waals surface area contributed by atoms with E-state index >= 15 is 0 Å². The Morgan fingerprint density at radius 3 is 2.79 bits per heavy atom. The molecule has 5 rings (SSSR count). The lowest BCUT2D eigenvalue weighted by molar-refractivity contribution is -0.128. The highest BCUT2D eigenvalue weighted by Gasteiger charge is 2.35. The third kappa shape index (κ3) is 4.71. The second-order valence-electron chi connectivity index (χ2n) is 9.68. The van der Waals surface area contributed by atoms with Gasteiger partial charge < -0.3 is 19.8 Å². The van der Waals surface area contributed by atoms with Crippen LogP contribution in [0, 0.1) is 12.7 Å². The SMILES string of the molecule is C=CC(=O)N1CCN(C2=NCN(c3c(C)ccnc3CC)c3nc(-c4c(O)cccc4F)c(Cl)cc32)[C@@H](C)C1. The summed E-state index contributed by atoms with van der Waals surface area (Å²) in [4.78, 5) is 32.6. The number of phenols is 1. The molecule has 0 unspecified atom stereocenters. The zero-order valence-corrected chi connectivity index (χ0v) is 22.9. The van der Waals surface area contributed by atoms with Crippen molar-refractivity contribution in [1.29, 1.82) is 0 Å². The highest BCUT2D eigenvalue weighted by atomic mass is 35.5. The number of phenolic OH excluding ortho intramolecular Hbond substituents is 1. The van der Waals surface area contributed by atoms with E-state index in [0.717, 1.165) is 16.9 Å². The number of pyridine rings is 2. The molecule has 39 heavy (non-hydrogen) atoms. The van der Waals surface area contributed by atoms with Gasteiger partial charge in [-0.05, 0) is 56.2 Å². The summed E-state index contributed by atoms with van der Waals surface area (Å²) in [6.07, 6.45) is 3.81. The van der Waals surface area contributed by atoms with E-state index in [4.69, 9.17) is 21.6 Å². The molecule has 10 heteroatoms. The first-order valence-corrected chi connectivity index (χ1v) is 13.3. The van der Waals surface area contributed by atoms with Crippen molar-refractivity contribution in [2.75, 3.05) is 31.2 Å². The highest BCUT2D eigenvalue weighted by Crippen LogP contribution is 2.42. The van der Waals surface area contributed by atoms with Crippen LogP contribution >= 0.6 is 11.6 Å². The number of carbonyl (C=O) groups is 1. The molecule has 0 radical (unpaired) electrons. The largest absolute Gasteiger partial charge is 0.507 e. The molecule has 202 valence electrons. The standard InChI is InChI=1S/C29H30ClFN6O2/c1-5-22-27(17(3)10-11-32-22)37-16-33-28(36-13-12-35(15-18(36)4)24(39)6-2)19-14-20(30)26(34-29(19)37)25-21(31)8-7-9-23(25)38/h6-11,14,18,38H,2,5,12-13,15-16H2,1,3-4H3/t18-/m0/s1. The Bertz CT molecular complexity index is 1470. The number of benzene rings is 1. The fraction of sp³-hybridized carbons (Fsp3) is 0.310. The number of halogens is 2. The topological polar surface area (TPSA) is 85.2 Å². The number of fused-ring (bicyclic) bond motifs is 1. The summed E-state index contributed by atoms with van der Waals surface area (Å²) in [5, 5.41) is 10.7. The van der Waals surface area contributed by atoms with Crippen molar-refractivity contribution in [2.45, 2.75) is 33.2 Å². The number of amidine groups is 1. The van der Waals surface area contributed by atoms with Gasteiger partial charge >= 0.3 is 0 Å². The Hall–Kier alpha value is -3.98. The van der Waals surface area contributed by atoms with Crippen LogP contribution in [0.2, 0.25) is 5.02 Å². The van der Waals surface area contributed by atoms with Crippen molar-refractivity contribution in [2.24, 2.45) is 4.99 Å². The number of aryl methyl sites for hydroxylation is 2. The molecule has 2 aliphatic heterocycles. The minimum Gasteiger partial charge on any atom is -0.507 e. The molecule has 3 aromatic rings. The first-order chi connectivity index (χ1) is 18.7. The van der Waals surface area contributed by atoms with E-state index in [1.54, 1.807) is 17.2 Å². The third-order valence-corrected chi connectivity index (χ3v) is 7.52. The molecule has 0 saturated carbocycles. The highest BCUT2D eigenvalue weighted by molar-refractivity contribution is 6.33. The fourth-order valence-corrected chi connectivity index (χ4v) is 5.57. The van der Waals surface area contributed by atoms with Gasteiger partial charge in [0.25, 0.3) is 0 Å². The number of aromatic hydroxyl groups is 1. The van der Waals surface area contributed by atoms with Crippen LogP contribution in [0.5, 0.6) is 5.75 Å². The van der Waals surface area contributed by atoms with Crippen molar-refractivity contribution >= 4 is 34.8 Å². The van der Waals surface area contributed by atoms with E-state index in [0.29, 0.717) is 43.3 Å². The smallest absolute Gasteiger partial charge is 0.246 e. The van der Waals surface area contributed by atoms with Gasteiger partial charge in [0.05, 0.1) is 33.2 Å². The molecule has 4 heterocycles. The second kappa shape index (κ2) is 10.6. The van der Waals surface area contributed by atoms with Crippen molar-refractivity contribution < 1.29 is 14.3 Å². The summed E-state index contributed by atoms with van der Waals surface area (Å²) in [7, 11) is 0. The minimum atomic E-state index is -0.621. The van der Waals surface area contributed by atoms with E-state index in [-0.39, 0.29) is 40.6 Å². The average molecular weight is 549 g/mol. The fourth-order valence-electron chi connectivity index (χ4n) is 5.32. The van der Waals surface area contributed by atoms with Crippen molar-refractivity contribution in [3.05, 3.63) is 76.8 Å². The number of rotatable bonds is 4. The molecular formula is C29H30ClFN6O2. The van der Waals surface area contributed by atoms with Crippen LogP contribution in [-0.2, 0) is 11.2 Å². The lowest BCUT2D eigenvalue weighted by Gasteiger charge is -2.43. The Morgan fingerprint density at radius 2 is 2.10 bits per heavy atom. The monoisotopic (exact) mass is 548 g/mol. The van der Waals surface area contributed by atoms with Crippen LogP contribution in [-0.4, -0.2) is 69.0 Å². The summed E-state index contributed by atoms with van der Waals surface area (Å²) >= 11 is 6.74. The number of amides is 1. The van der Waals surface area contributed by atoms with Gasteiger partial charge in [-0.2, -0.15) is 0 Å². The van der Waals surface area contributed by atoms with E-state index in [2.05, 4.69) is 16.5 Å². The quantitative estimate of drug-likeness (QED) is 0.457. The molecule has 2 aromatic heterocycles. The molecule has 1 saturated heterocycles. The Morgan fingerprint density at radius 1 is 1.31 bits per heavy atom. The Balaban J connectivity index is 1.67. The van der Waals surface area contributed by atoms with Gasteiger partial charge in [0, 0.05) is 31.9 Å². The number of aromatic nitrogens is 2. The first-order valence-electron chi connectivity index (χ1n) is 12.9. The molecule has 1 aromatic carbocycles. The van der Waals surface area contributed by atoms with Gasteiger partial charge in [-0.1, -0.05) is 31.2 Å². The van der Waals surface area contributed by atoms with E-state index in [9.17, 15) is 14.3 Å². The first kappa shape index (κ1) is 26.6. The van der Waals surface area contributed by atoms with Gasteiger partial charge in [-0.15, -0.1) is 0 Å². The lowest BCUT2D eigenvalue weighted by atomic mass is 10.0. The van der Waals surface area contributed by atoms with Crippen LogP contribution in [0.1, 0.15) is 30.7 Å². The van der Waals surface area contributed by atoms with Crippen LogP contribution in [0.4, 0.5) is 15.9 Å². The number of piperazine rings is 1. The van der Waals surface area contributed by atoms with Crippen LogP contribution < -0.4 is 4.90 Å². The van der Waals surface area contributed by atoms with Gasteiger partial charge in [0.15, 0.2) is 0 Å². The molecule has 0 aliphatic carbocycles. The molecule has 1 fully saturated rings. The number of hydrogen-bond acceptors (Lipinski definition) is 7. The normalized spacial score (nSPS) is 17.1. The number of hydrogen-bond donors (Lipinski definition) is 1. The summed E-state index contributed by atoms with van der Waals surface area (Å²) in [5.74, 6) is 0.285. The second-order valence-corrected chi connectivity index (χ2v) is 10.1. The van der Waals surface area contributed by atoms with Gasteiger partial charge in [0.1, 0.15) is 29.9 Å². The molecule has 1 N–H and O–H groups in total. The van der Waals surface area contributed by atoms with Gasteiger partial charge in [-0.3, -0.25) is 9.78 Å². The predicted octanol–water partition coefficient (Wildman–Crippen LogP) is 5.09. The number of anilines is 2. The molecule has 0 spiro atoms. The summed E-state index contributed by atoms with van der Waals surface area (Å²) in [5.41, 5.74) is 3.55. The van der Waals surface area contributed by atoms with E-state index in [1.807, 2.05) is 31.7 Å². The predicted molar refractivity (Wildman–Crippen MR) is 151 cm³/mol. The minimum absolute atomic E-state index is 0.0267. The lowest BCUT2D eigenvalue weighted by Crippen LogP contribution is -2.56. The Labute approximate surface area is 232 Å². The third-order valence-electron chi connectivity index (χ3n) is 7.24. The van der Waals surface area contributed by atoms with E-state index in [1.165, 1.54) is 24.3 Å². The summed E-state index contributed by atoms with van der Waals surface area (Å²) < 4.78 is 14.9. The molecule has 1 amide bonds. The average Bonchev–Trinajstić information content (AvgIpc) is 2.92. The molecule has 0 bridgehead atoms. The Kier molecular flexibility index (Phi) is 7.27. The van der Waals surface area contributed by atoms with Crippen molar-refractivity contribution in [3.63, 3.8) is 0 Å². The molecule has 8 nitrogen and oxygen atoms in total. The van der Waals surface area contributed by atoms with Crippen LogP contribution in [0.3, 0.4) is 0 Å². The number of nitrogens with zero attached hydrogens (tertiary/aromatic N) is 6. The van der Waals surface area contributed by atoms with Gasteiger partial charge in [-0.25, -0.2) is 14.4 Å². The molecule has 1 atom stereocenters. The number of carbonyl (C=O) groups excluding carboxylic acids is 1. The maximum absolute atomic E-state index is 14.9. The maximum Gasteiger partial charge on any atom is 0.246 e. The zero-order valence-electron chi connectivity index (χ0n) is 22.2. The summed E-state index contributed by atoms with van der Waals surface area (Å²) in [6, 6.07) is 7.76. The maximum atomic E-state index is 14.9. The van der Waals surface area contributed by atoms with Crippen LogP contribution in [0.25, 0.3) is 11.3 Å². The summed E-state index contributed by atoms with van der Waals surface area (Å²) in [6.45, 7) is 11.6. The van der Waals surface area contributed by atoms with Gasteiger partial charge in [0.2, 0.25) is 5.91 Å². The zero-order chi connectivity index (χ0) is 27.8. The molecular weight excluding hydrogens is 519 g/mol. The number of aliphatic imine (C=N–C) groups is 1. The van der Waals surface area contributed by atoms with Crippen molar-refractivity contribution in [1.82, 2.24) is 19.8 Å². The molecule has 2 aliphatic rings. The van der Waals surface area contributed by atoms with Crippen molar-refractivity contribution in [3.8, 4) is 17.0 Å². The van der Waals surface area contributed by atoms with E-state index < -0.39 is 5.82 Å². The van der Waals surface area contributed by atoms with Crippen LogP contribution in [0.15, 0.2) is 54.2 Å².